The maximum Gasteiger partial charge on any atom is 0.289 e. The summed E-state index contributed by atoms with van der Waals surface area (Å²) in [7, 11) is 1.58. The van der Waals surface area contributed by atoms with Gasteiger partial charge in [-0.05, 0) is 30.9 Å². The van der Waals surface area contributed by atoms with E-state index >= 15 is 0 Å². The summed E-state index contributed by atoms with van der Waals surface area (Å²) in [5, 5.41) is 9.16. The fourth-order valence-electron chi connectivity index (χ4n) is 2.27. The molecule has 0 bridgehead atoms. The first kappa shape index (κ1) is 13.1. The van der Waals surface area contributed by atoms with E-state index in [0.29, 0.717) is 24.7 Å². The standard InChI is InChI=1S/C13H19NO4/c1-17-9-11-4-5-12(18-11)13(16)14-6-2-3-10(7-14)8-15/h4-5,10,15H,2-3,6-9H2,1H3. The van der Waals surface area contributed by atoms with Crippen LogP contribution in [0.1, 0.15) is 29.2 Å². The summed E-state index contributed by atoms with van der Waals surface area (Å²) < 4.78 is 10.4. The Morgan fingerprint density at radius 2 is 2.44 bits per heavy atom. The van der Waals surface area contributed by atoms with Crippen LogP contribution in [0.25, 0.3) is 0 Å². The predicted octanol–water partition coefficient (Wildman–Crippen LogP) is 1.27. The van der Waals surface area contributed by atoms with Crippen LogP contribution in [0.4, 0.5) is 0 Å². The molecule has 1 unspecified atom stereocenters. The molecule has 1 aromatic rings. The van der Waals surface area contributed by atoms with E-state index in [1.807, 2.05) is 0 Å². The minimum absolute atomic E-state index is 0.101. The van der Waals surface area contributed by atoms with Gasteiger partial charge in [0, 0.05) is 26.8 Å². The van der Waals surface area contributed by atoms with Crippen LogP contribution < -0.4 is 0 Å². The number of rotatable bonds is 4. The third kappa shape index (κ3) is 2.91. The van der Waals surface area contributed by atoms with Crippen molar-refractivity contribution in [3.05, 3.63) is 23.7 Å². The lowest BCUT2D eigenvalue weighted by Crippen LogP contribution is -2.40. The van der Waals surface area contributed by atoms with E-state index in [-0.39, 0.29) is 18.4 Å². The quantitative estimate of drug-likeness (QED) is 0.877. The Morgan fingerprint density at radius 1 is 1.61 bits per heavy atom. The van der Waals surface area contributed by atoms with Gasteiger partial charge in [-0.1, -0.05) is 0 Å². The van der Waals surface area contributed by atoms with Crippen molar-refractivity contribution < 1.29 is 19.1 Å². The third-order valence-corrected chi connectivity index (χ3v) is 3.22. The zero-order valence-corrected chi connectivity index (χ0v) is 10.6. The minimum Gasteiger partial charge on any atom is -0.453 e. The van der Waals surface area contributed by atoms with Gasteiger partial charge < -0.3 is 19.2 Å². The van der Waals surface area contributed by atoms with E-state index in [0.717, 1.165) is 19.4 Å². The zero-order valence-electron chi connectivity index (χ0n) is 10.6. The number of carbonyl (C=O) groups excluding carboxylic acids is 1. The highest BCUT2D eigenvalue weighted by atomic mass is 16.5. The molecule has 0 spiro atoms. The molecule has 2 rings (SSSR count). The van der Waals surface area contributed by atoms with Crippen molar-refractivity contribution in [1.82, 2.24) is 4.90 Å². The van der Waals surface area contributed by atoms with Crippen molar-refractivity contribution in [3.8, 4) is 0 Å². The number of amides is 1. The number of aliphatic hydroxyl groups is 1. The minimum atomic E-state index is -0.101. The molecule has 0 aromatic carbocycles. The van der Waals surface area contributed by atoms with Crippen LogP contribution in [0, 0.1) is 5.92 Å². The summed E-state index contributed by atoms with van der Waals surface area (Å²) in [5.74, 6) is 1.09. The lowest BCUT2D eigenvalue weighted by Gasteiger charge is -2.31. The number of carbonyl (C=O) groups is 1. The van der Waals surface area contributed by atoms with Gasteiger partial charge in [-0.25, -0.2) is 0 Å². The lowest BCUT2D eigenvalue weighted by molar-refractivity contribution is 0.0584. The second kappa shape index (κ2) is 6.02. The van der Waals surface area contributed by atoms with Crippen LogP contribution in [0.3, 0.4) is 0 Å². The summed E-state index contributed by atoms with van der Waals surface area (Å²) >= 11 is 0. The summed E-state index contributed by atoms with van der Waals surface area (Å²) in [6, 6.07) is 3.43. The molecule has 18 heavy (non-hydrogen) atoms. The van der Waals surface area contributed by atoms with Gasteiger partial charge in [0.05, 0.1) is 0 Å². The van der Waals surface area contributed by atoms with Crippen LogP contribution in [-0.4, -0.2) is 42.7 Å². The van der Waals surface area contributed by atoms with Crippen molar-refractivity contribution in [1.29, 1.82) is 0 Å². The van der Waals surface area contributed by atoms with Crippen LogP contribution in [-0.2, 0) is 11.3 Å². The van der Waals surface area contributed by atoms with E-state index in [1.165, 1.54) is 0 Å². The predicted molar refractivity (Wildman–Crippen MR) is 65.1 cm³/mol. The average molecular weight is 253 g/mol. The smallest absolute Gasteiger partial charge is 0.289 e. The summed E-state index contributed by atoms with van der Waals surface area (Å²) in [6.07, 6.45) is 1.91. The van der Waals surface area contributed by atoms with Crippen molar-refractivity contribution in [2.24, 2.45) is 5.92 Å². The van der Waals surface area contributed by atoms with Crippen molar-refractivity contribution in [2.45, 2.75) is 19.4 Å². The van der Waals surface area contributed by atoms with Crippen molar-refractivity contribution in [3.63, 3.8) is 0 Å². The largest absolute Gasteiger partial charge is 0.453 e. The molecule has 0 aliphatic carbocycles. The highest BCUT2D eigenvalue weighted by Crippen LogP contribution is 2.19. The molecule has 0 saturated carbocycles. The number of ether oxygens (including phenoxy) is 1. The van der Waals surface area contributed by atoms with E-state index < -0.39 is 0 Å². The second-order valence-corrected chi connectivity index (χ2v) is 4.64. The summed E-state index contributed by atoms with van der Waals surface area (Å²) in [4.78, 5) is 13.9. The van der Waals surface area contributed by atoms with Gasteiger partial charge in [0.1, 0.15) is 12.4 Å². The van der Waals surface area contributed by atoms with Gasteiger partial charge >= 0.3 is 0 Å². The van der Waals surface area contributed by atoms with E-state index in [9.17, 15) is 4.79 Å². The number of furan rings is 1. The first-order valence-electron chi connectivity index (χ1n) is 6.22. The number of nitrogens with zero attached hydrogens (tertiary/aromatic N) is 1. The SMILES string of the molecule is COCc1ccc(C(=O)N2CCCC(CO)C2)o1. The molecule has 2 heterocycles. The monoisotopic (exact) mass is 253 g/mol. The molecule has 5 nitrogen and oxygen atoms in total. The topological polar surface area (TPSA) is 62.9 Å². The number of methoxy groups -OCH3 is 1. The molecule has 0 radical (unpaired) electrons. The van der Waals surface area contributed by atoms with Gasteiger partial charge in [-0.2, -0.15) is 0 Å². The molecule has 1 atom stereocenters. The molecule has 1 saturated heterocycles. The summed E-state index contributed by atoms with van der Waals surface area (Å²) in [6.45, 7) is 1.84. The van der Waals surface area contributed by atoms with Crippen LogP contribution in [0.5, 0.6) is 0 Å². The van der Waals surface area contributed by atoms with Crippen molar-refractivity contribution in [2.75, 3.05) is 26.8 Å². The normalized spacial score (nSPS) is 20.1. The second-order valence-electron chi connectivity index (χ2n) is 4.64. The number of piperidine rings is 1. The Hall–Kier alpha value is -1.33. The molecule has 1 aromatic heterocycles. The highest BCUT2D eigenvalue weighted by molar-refractivity contribution is 5.91. The molecule has 1 fully saturated rings. The molecule has 1 aliphatic rings. The number of aliphatic hydroxyl groups excluding tert-OH is 1. The first-order valence-corrected chi connectivity index (χ1v) is 6.22. The highest BCUT2D eigenvalue weighted by Gasteiger charge is 2.25. The van der Waals surface area contributed by atoms with Crippen LogP contribution in [0.2, 0.25) is 0 Å². The Bertz CT molecular complexity index is 401. The Kier molecular flexibility index (Phi) is 4.38. The van der Waals surface area contributed by atoms with Gasteiger partial charge in [0.15, 0.2) is 5.76 Å². The fraction of sp³-hybridized carbons (Fsp3) is 0.615. The van der Waals surface area contributed by atoms with Gasteiger partial charge in [0.25, 0.3) is 5.91 Å². The number of likely N-dealkylation sites (tertiary alicyclic amines) is 1. The van der Waals surface area contributed by atoms with Gasteiger partial charge in [-0.15, -0.1) is 0 Å². The molecule has 5 heteroatoms. The molecule has 1 N–H and O–H groups in total. The van der Waals surface area contributed by atoms with E-state index in [2.05, 4.69) is 0 Å². The first-order chi connectivity index (χ1) is 8.74. The Morgan fingerprint density at radius 3 is 3.17 bits per heavy atom. The van der Waals surface area contributed by atoms with E-state index in [1.54, 1.807) is 24.1 Å². The van der Waals surface area contributed by atoms with E-state index in [4.69, 9.17) is 14.3 Å². The summed E-state index contributed by atoms with van der Waals surface area (Å²) in [5.41, 5.74) is 0. The molecule has 1 amide bonds. The van der Waals surface area contributed by atoms with Gasteiger partial charge in [-0.3, -0.25) is 4.79 Å². The van der Waals surface area contributed by atoms with Crippen LogP contribution >= 0.6 is 0 Å². The van der Waals surface area contributed by atoms with Gasteiger partial charge in [0.2, 0.25) is 0 Å². The average Bonchev–Trinajstić information content (AvgIpc) is 2.87. The third-order valence-electron chi connectivity index (χ3n) is 3.22. The zero-order chi connectivity index (χ0) is 13.0. The molecule has 1 aliphatic heterocycles. The fourth-order valence-corrected chi connectivity index (χ4v) is 2.27. The maximum atomic E-state index is 12.2. The Labute approximate surface area is 106 Å². The molecular formula is C13H19NO4. The molecular weight excluding hydrogens is 234 g/mol. The Balaban J connectivity index is 2.00. The lowest BCUT2D eigenvalue weighted by atomic mass is 9.99. The maximum absolute atomic E-state index is 12.2. The van der Waals surface area contributed by atoms with Crippen molar-refractivity contribution >= 4 is 5.91 Å². The number of hydrogen-bond donors (Lipinski definition) is 1. The molecule has 100 valence electrons. The number of hydrogen-bond acceptors (Lipinski definition) is 4. The van der Waals surface area contributed by atoms with Crippen LogP contribution in [0.15, 0.2) is 16.5 Å².